The van der Waals surface area contributed by atoms with Crippen LogP contribution in [0.4, 0.5) is 0 Å². The molecule has 2 fully saturated rings. The molecule has 0 aromatic carbocycles. The number of nitrogens with one attached hydrogen (secondary N) is 1. The first-order valence-corrected chi connectivity index (χ1v) is 7.23. The van der Waals surface area contributed by atoms with Crippen LogP contribution >= 0.6 is 0 Å². The lowest BCUT2D eigenvalue weighted by Crippen LogP contribution is -2.43. The second-order valence-corrected chi connectivity index (χ2v) is 5.86. The van der Waals surface area contributed by atoms with Crippen molar-refractivity contribution < 1.29 is 0 Å². The second-order valence-electron chi connectivity index (χ2n) is 5.86. The summed E-state index contributed by atoms with van der Waals surface area (Å²) in [6, 6.07) is 0.753. The Hall–Kier alpha value is -0.870. The van der Waals surface area contributed by atoms with E-state index in [-0.39, 0.29) is 0 Å². The van der Waals surface area contributed by atoms with Gasteiger partial charge >= 0.3 is 0 Å². The van der Waals surface area contributed by atoms with E-state index in [0.717, 1.165) is 18.5 Å². The summed E-state index contributed by atoms with van der Waals surface area (Å²) in [6.07, 6.45) is 9.39. The molecule has 1 N–H and O–H groups in total. The highest BCUT2D eigenvalue weighted by atomic mass is 15.2. The zero-order valence-electron chi connectivity index (χ0n) is 11.3. The van der Waals surface area contributed by atoms with E-state index in [2.05, 4.69) is 26.8 Å². The lowest BCUT2D eigenvalue weighted by atomic mass is 10.0. The molecule has 0 amide bonds. The highest BCUT2D eigenvalue weighted by molar-refractivity contribution is 4.92. The quantitative estimate of drug-likeness (QED) is 0.854. The Bertz CT molecular complexity index is 375. The average Bonchev–Trinajstić information content (AvgIpc) is 3.13. The predicted molar refractivity (Wildman–Crippen MR) is 72.2 cm³/mol. The maximum absolute atomic E-state index is 4.40. The first-order chi connectivity index (χ1) is 8.81. The first kappa shape index (κ1) is 12.2. The van der Waals surface area contributed by atoms with Gasteiger partial charge in [0.2, 0.25) is 0 Å². The van der Waals surface area contributed by atoms with Crippen LogP contribution in [0.1, 0.15) is 31.5 Å². The van der Waals surface area contributed by atoms with Gasteiger partial charge in [0.25, 0.3) is 0 Å². The van der Waals surface area contributed by atoms with Crippen molar-refractivity contribution in [2.24, 2.45) is 13.0 Å². The summed E-state index contributed by atoms with van der Waals surface area (Å²) in [6.45, 7) is 4.66. The number of nitrogens with zero attached hydrogens (tertiary/aromatic N) is 3. The van der Waals surface area contributed by atoms with Crippen LogP contribution in [0.2, 0.25) is 0 Å². The van der Waals surface area contributed by atoms with Gasteiger partial charge in [-0.1, -0.05) is 0 Å². The Kier molecular flexibility index (Phi) is 3.66. The van der Waals surface area contributed by atoms with Crippen molar-refractivity contribution in [1.82, 2.24) is 19.8 Å². The Balaban J connectivity index is 1.40. The number of piperidine rings is 1. The Morgan fingerprint density at radius 2 is 2.06 bits per heavy atom. The fourth-order valence-electron chi connectivity index (χ4n) is 2.70. The van der Waals surface area contributed by atoms with E-state index in [1.165, 1.54) is 51.1 Å². The smallest absolute Gasteiger partial charge is 0.122 e. The average molecular weight is 248 g/mol. The van der Waals surface area contributed by atoms with E-state index in [1.807, 2.05) is 12.4 Å². The molecule has 100 valence electrons. The van der Waals surface area contributed by atoms with Crippen LogP contribution in [0.15, 0.2) is 12.4 Å². The van der Waals surface area contributed by atoms with E-state index >= 15 is 0 Å². The Morgan fingerprint density at radius 1 is 1.28 bits per heavy atom. The second kappa shape index (κ2) is 5.41. The molecule has 1 saturated heterocycles. The molecule has 1 saturated carbocycles. The molecule has 4 nitrogen and oxygen atoms in total. The molecule has 0 atom stereocenters. The molecule has 0 unspecified atom stereocenters. The van der Waals surface area contributed by atoms with Crippen molar-refractivity contribution in [2.45, 2.75) is 38.3 Å². The standard InChI is InChI=1S/C14H24N4/c1-17-9-6-15-14(17)11-18-7-4-13(5-8-18)16-10-12-2-3-12/h6,9,12-13,16H,2-5,7-8,10-11H2,1H3. The van der Waals surface area contributed by atoms with Gasteiger partial charge in [-0.15, -0.1) is 0 Å². The van der Waals surface area contributed by atoms with Crippen molar-refractivity contribution >= 4 is 0 Å². The molecule has 3 rings (SSSR count). The van der Waals surface area contributed by atoms with Gasteiger partial charge in [0, 0.05) is 38.6 Å². The largest absolute Gasteiger partial charge is 0.337 e. The van der Waals surface area contributed by atoms with Crippen LogP contribution in [-0.4, -0.2) is 40.1 Å². The third-order valence-electron chi connectivity index (χ3n) is 4.27. The van der Waals surface area contributed by atoms with E-state index in [4.69, 9.17) is 0 Å². The van der Waals surface area contributed by atoms with Crippen molar-refractivity contribution in [1.29, 1.82) is 0 Å². The first-order valence-electron chi connectivity index (χ1n) is 7.23. The molecule has 2 aliphatic rings. The van der Waals surface area contributed by atoms with Crippen molar-refractivity contribution in [2.75, 3.05) is 19.6 Å². The molecule has 18 heavy (non-hydrogen) atoms. The van der Waals surface area contributed by atoms with E-state index in [9.17, 15) is 0 Å². The molecule has 0 bridgehead atoms. The van der Waals surface area contributed by atoms with Crippen LogP contribution < -0.4 is 5.32 Å². The molecule has 1 aromatic rings. The third kappa shape index (κ3) is 3.12. The van der Waals surface area contributed by atoms with E-state index in [1.54, 1.807) is 0 Å². The minimum atomic E-state index is 0.753. The third-order valence-corrected chi connectivity index (χ3v) is 4.27. The van der Waals surface area contributed by atoms with Gasteiger partial charge < -0.3 is 9.88 Å². The van der Waals surface area contributed by atoms with Crippen molar-refractivity contribution in [3.63, 3.8) is 0 Å². The van der Waals surface area contributed by atoms with Gasteiger partial charge in [-0.25, -0.2) is 4.98 Å². The lowest BCUT2D eigenvalue weighted by molar-refractivity contribution is 0.185. The van der Waals surface area contributed by atoms with Crippen LogP contribution in [0.25, 0.3) is 0 Å². The lowest BCUT2D eigenvalue weighted by Gasteiger charge is -2.32. The SMILES string of the molecule is Cn1ccnc1CN1CCC(NCC2CC2)CC1. The Morgan fingerprint density at radius 3 is 2.67 bits per heavy atom. The van der Waals surface area contributed by atoms with Gasteiger partial charge in [0.05, 0.1) is 6.54 Å². The molecular formula is C14H24N4. The van der Waals surface area contributed by atoms with E-state index in [0.29, 0.717) is 0 Å². The van der Waals surface area contributed by atoms with Gasteiger partial charge in [0.15, 0.2) is 0 Å². The topological polar surface area (TPSA) is 33.1 Å². The van der Waals surface area contributed by atoms with Crippen molar-refractivity contribution in [3.8, 4) is 0 Å². The van der Waals surface area contributed by atoms with Gasteiger partial charge in [0.1, 0.15) is 5.82 Å². The molecule has 2 heterocycles. The number of hydrogen-bond donors (Lipinski definition) is 1. The minimum absolute atomic E-state index is 0.753. The van der Waals surface area contributed by atoms with E-state index < -0.39 is 0 Å². The summed E-state index contributed by atoms with van der Waals surface area (Å²) in [5, 5.41) is 3.73. The van der Waals surface area contributed by atoms with Gasteiger partial charge in [-0.2, -0.15) is 0 Å². The zero-order valence-corrected chi connectivity index (χ0v) is 11.3. The number of aryl methyl sites for hydroxylation is 1. The molecule has 4 heteroatoms. The predicted octanol–water partition coefficient (Wildman–Crippen LogP) is 1.38. The number of hydrogen-bond acceptors (Lipinski definition) is 3. The Labute approximate surface area is 109 Å². The highest BCUT2D eigenvalue weighted by Crippen LogP contribution is 2.28. The minimum Gasteiger partial charge on any atom is -0.337 e. The van der Waals surface area contributed by atoms with Gasteiger partial charge in [-0.05, 0) is 38.1 Å². The fraction of sp³-hybridized carbons (Fsp3) is 0.786. The van der Waals surface area contributed by atoms with Crippen molar-refractivity contribution in [3.05, 3.63) is 18.2 Å². The summed E-state index contributed by atoms with van der Waals surface area (Å²) < 4.78 is 2.12. The summed E-state index contributed by atoms with van der Waals surface area (Å²) in [5.74, 6) is 2.18. The maximum atomic E-state index is 4.40. The molecular weight excluding hydrogens is 224 g/mol. The highest BCUT2D eigenvalue weighted by Gasteiger charge is 2.24. The number of rotatable bonds is 5. The molecule has 1 aliphatic heterocycles. The maximum Gasteiger partial charge on any atom is 0.122 e. The number of aromatic nitrogens is 2. The molecule has 0 radical (unpaired) electrons. The monoisotopic (exact) mass is 248 g/mol. The zero-order chi connectivity index (χ0) is 12.4. The normalized spacial score (nSPS) is 22.5. The molecule has 1 aliphatic carbocycles. The summed E-state index contributed by atoms with van der Waals surface area (Å²) in [4.78, 5) is 6.93. The number of imidazole rings is 1. The fourth-order valence-corrected chi connectivity index (χ4v) is 2.70. The summed E-state index contributed by atoms with van der Waals surface area (Å²) >= 11 is 0. The molecule has 0 spiro atoms. The summed E-state index contributed by atoms with van der Waals surface area (Å²) in [7, 11) is 2.08. The number of likely N-dealkylation sites (tertiary alicyclic amines) is 1. The van der Waals surface area contributed by atoms with Gasteiger partial charge in [-0.3, -0.25) is 4.90 Å². The van der Waals surface area contributed by atoms with Crippen LogP contribution in [0.3, 0.4) is 0 Å². The summed E-state index contributed by atoms with van der Waals surface area (Å²) in [5.41, 5.74) is 0. The van der Waals surface area contributed by atoms with Crippen LogP contribution in [0, 0.1) is 5.92 Å². The van der Waals surface area contributed by atoms with Crippen LogP contribution in [0.5, 0.6) is 0 Å². The van der Waals surface area contributed by atoms with Crippen LogP contribution in [-0.2, 0) is 13.6 Å². The molecule has 1 aromatic heterocycles.